The molecule has 9 aromatic carbocycles. The maximum atomic E-state index is 2.58. The van der Waals surface area contributed by atoms with Gasteiger partial charge in [-0.3, -0.25) is 0 Å². The molecule has 4 saturated carbocycles. The first kappa shape index (κ1) is 39.9. The molecule has 6 aliphatic carbocycles. The molecular weight excluding hydrogens is 819 g/mol. The van der Waals surface area contributed by atoms with E-state index in [1.54, 1.807) is 5.56 Å². The molecule has 4 bridgehead atoms. The number of anilines is 3. The van der Waals surface area contributed by atoms with E-state index in [1.807, 2.05) is 0 Å². The van der Waals surface area contributed by atoms with Crippen molar-refractivity contribution in [3.63, 3.8) is 0 Å². The van der Waals surface area contributed by atoms with Crippen molar-refractivity contribution in [1.82, 2.24) is 0 Å². The van der Waals surface area contributed by atoms with Gasteiger partial charge in [-0.2, -0.15) is 0 Å². The summed E-state index contributed by atoms with van der Waals surface area (Å²) in [7, 11) is 0. The second-order valence-corrected chi connectivity index (χ2v) is 21.0. The Hall–Kier alpha value is -7.22. The highest BCUT2D eigenvalue weighted by molar-refractivity contribution is 5.99. The van der Waals surface area contributed by atoms with Crippen LogP contribution in [0.4, 0.5) is 17.1 Å². The fraction of sp³-hybridized carbons (Fsp3) is 0.194. The van der Waals surface area contributed by atoms with Gasteiger partial charge in [0.05, 0.1) is 11.1 Å². The number of fused-ring (bicyclic) bond motifs is 10. The summed E-state index contributed by atoms with van der Waals surface area (Å²) < 4.78 is 0. The van der Waals surface area contributed by atoms with Crippen LogP contribution in [-0.2, 0) is 5.41 Å². The third-order valence-electron chi connectivity index (χ3n) is 17.2. The van der Waals surface area contributed by atoms with E-state index >= 15 is 0 Å². The SMILES string of the molecule is Cc1ccc2c(c1)C1(c3ccccc3-c3ccc(N(c4ccc(C5C6CC7CC(C6)CC5C7)cc4)c4ccccc4-c4ccccc4-c4ccccc4-c4ccccc4)cc31)c1cc(C)ccc1-2. The zero-order valence-corrected chi connectivity index (χ0v) is 39.0. The summed E-state index contributed by atoms with van der Waals surface area (Å²) in [5.74, 6) is 4.28. The summed E-state index contributed by atoms with van der Waals surface area (Å²) in [6.07, 6.45) is 7.19. The smallest absolute Gasteiger partial charge is 0.0726 e. The molecule has 0 aromatic heterocycles. The predicted octanol–water partition coefficient (Wildman–Crippen LogP) is 17.7. The maximum absolute atomic E-state index is 2.58. The Kier molecular flexibility index (Phi) is 9.04. The number of hydrogen-bond acceptors (Lipinski definition) is 1. The Labute approximate surface area is 401 Å². The van der Waals surface area contributed by atoms with Crippen LogP contribution in [0.5, 0.6) is 0 Å². The third-order valence-corrected chi connectivity index (χ3v) is 17.2. The van der Waals surface area contributed by atoms with E-state index in [0.29, 0.717) is 5.92 Å². The number of hydrogen-bond donors (Lipinski definition) is 0. The summed E-state index contributed by atoms with van der Waals surface area (Å²) in [6.45, 7) is 4.50. The highest BCUT2D eigenvalue weighted by Crippen LogP contribution is 2.64. The minimum atomic E-state index is -0.451. The van der Waals surface area contributed by atoms with Crippen molar-refractivity contribution in [1.29, 1.82) is 0 Å². The second kappa shape index (κ2) is 15.4. The number of nitrogens with zero attached hydrogens (tertiary/aromatic N) is 1. The monoisotopic (exact) mass is 873 g/mol. The summed E-state index contributed by atoms with van der Waals surface area (Å²) >= 11 is 0. The zero-order chi connectivity index (χ0) is 45.1. The predicted molar refractivity (Wildman–Crippen MR) is 283 cm³/mol. The van der Waals surface area contributed by atoms with Gasteiger partial charge in [-0.15, -0.1) is 0 Å². The molecule has 328 valence electrons. The molecule has 0 radical (unpaired) electrons. The summed E-state index contributed by atoms with van der Waals surface area (Å²) in [4.78, 5) is 2.58. The topological polar surface area (TPSA) is 3.24 Å². The fourth-order valence-electron chi connectivity index (χ4n) is 14.7. The van der Waals surface area contributed by atoms with Crippen molar-refractivity contribution in [3.05, 3.63) is 245 Å². The van der Waals surface area contributed by atoms with Gasteiger partial charge in [-0.25, -0.2) is 0 Å². The molecule has 0 saturated heterocycles. The van der Waals surface area contributed by atoms with Crippen LogP contribution in [0.1, 0.15) is 77.0 Å². The zero-order valence-electron chi connectivity index (χ0n) is 39.0. The minimum absolute atomic E-state index is 0.451. The quantitative estimate of drug-likeness (QED) is 0.154. The maximum Gasteiger partial charge on any atom is 0.0726 e. The molecule has 68 heavy (non-hydrogen) atoms. The highest BCUT2D eigenvalue weighted by Gasteiger charge is 2.52. The number of benzene rings is 9. The van der Waals surface area contributed by atoms with Crippen LogP contribution in [0.15, 0.2) is 206 Å². The number of para-hydroxylation sites is 1. The van der Waals surface area contributed by atoms with E-state index in [2.05, 4.69) is 225 Å². The largest absolute Gasteiger partial charge is 0.310 e. The normalized spacial score (nSPS) is 20.8. The van der Waals surface area contributed by atoms with Gasteiger partial charge in [0.15, 0.2) is 0 Å². The average molecular weight is 874 g/mol. The fourth-order valence-corrected chi connectivity index (χ4v) is 14.7. The molecular formula is C67H55N. The van der Waals surface area contributed by atoms with E-state index in [-0.39, 0.29) is 0 Å². The van der Waals surface area contributed by atoms with E-state index in [1.165, 1.54) is 138 Å². The van der Waals surface area contributed by atoms with Gasteiger partial charge in [-0.1, -0.05) is 187 Å². The van der Waals surface area contributed by atoms with E-state index in [0.717, 1.165) is 23.7 Å². The van der Waals surface area contributed by atoms with Crippen LogP contribution in [0.25, 0.3) is 55.6 Å². The third kappa shape index (κ3) is 5.94. The molecule has 9 aromatic rings. The van der Waals surface area contributed by atoms with Crippen molar-refractivity contribution in [3.8, 4) is 55.6 Å². The van der Waals surface area contributed by atoms with Crippen LogP contribution in [0.2, 0.25) is 0 Å². The number of aryl methyl sites for hydroxylation is 2. The lowest BCUT2D eigenvalue weighted by molar-refractivity contribution is -0.00277. The Balaban J connectivity index is 0.987. The van der Waals surface area contributed by atoms with Gasteiger partial charge in [0.25, 0.3) is 0 Å². The molecule has 1 spiro atoms. The first-order valence-corrected chi connectivity index (χ1v) is 25.2. The van der Waals surface area contributed by atoms with Gasteiger partial charge >= 0.3 is 0 Å². The highest BCUT2D eigenvalue weighted by atomic mass is 15.1. The van der Waals surface area contributed by atoms with E-state index < -0.39 is 5.41 Å². The van der Waals surface area contributed by atoms with Crippen molar-refractivity contribution >= 4 is 17.1 Å². The molecule has 0 amide bonds. The lowest BCUT2D eigenvalue weighted by Gasteiger charge is -2.54. The Bertz CT molecular complexity index is 3370. The molecule has 15 rings (SSSR count). The molecule has 0 unspecified atom stereocenters. The molecule has 0 atom stereocenters. The molecule has 0 aliphatic heterocycles. The summed E-state index contributed by atoms with van der Waals surface area (Å²) in [6, 6.07) is 78.8. The Morgan fingerprint density at radius 3 is 1.44 bits per heavy atom. The molecule has 6 aliphatic rings. The van der Waals surface area contributed by atoms with Gasteiger partial charge in [-0.05, 0) is 184 Å². The summed E-state index contributed by atoms with van der Waals surface area (Å²) in [5.41, 5.74) is 25.4. The average Bonchev–Trinajstić information content (AvgIpc) is 3.83. The van der Waals surface area contributed by atoms with Crippen molar-refractivity contribution in [2.24, 2.45) is 23.7 Å². The van der Waals surface area contributed by atoms with Crippen LogP contribution in [0, 0.1) is 37.5 Å². The van der Waals surface area contributed by atoms with Gasteiger partial charge in [0, 0.05) is 16.9 Å². The second-order valence-electron chi connectivity index (χ2n) is 21.0. The standard InChI is InChI=1S/C67H55N/c1-42-24-31-57-58-32-25-43(2)35-63(58)67(62(57)34-42)61-22-12-10-20-56(61)59-33-30-51(41-64(59)67)68(50-28-26-47(27-29-50)66-48-37-44-36-45(39-48)40-49(66)38-44)65-23-13-11-21-60(65)55-19-9-8-18-54(55)53-17-7-6-16-52(53)46-14-4-3-5-15-46/h3-35,41,44-45,48-49,66H,36-40H2,1-2H3. The minimum Gasteiger partial charge on any atom is -0.310 e. The van der Waals surface area contributed by atoms with Gasteiger partial charge in [0.1, 0.15) is 0 Å². The molecule has 4 fully saturated rings. The van der Waals surface area contributed by atoms with Crippen molar-refractivity contribution < 1.29 is 0 Å². The van der Waals surface area contributed by atoms with Crippen LogP contribution in [-0.4, -0.2) is 0 Å². The molecule has 1 nitrogen and oxygen atoms in total. The van der Waals surface area contributed by atoms with Crippen LogP contribution >= 0.6 is 0 Å². The van der Waals surface area contributed by atoms with Crippen molar-refractivity contribution in [2.45, 2.75) is 57.3 Å². The lowest BCUT2D eigenvalue weighted by atomic mass is 9.51. The molecule has 1 heteroatoms. The number of rotatable bonds is 7. The Morgan fingerprint density at radius 2 is 0.809 bits per heavy atom. The molecule has 0 heterocycles. The van der Waals surface area contributed by atoms with Crippen LogP contribution in [0.3, 0.4) is 0 Å². The van der Waals surface area contributed by atoms with Crippen LogP contribution < -0.4 is 4.90 Å². The first-order chi connectivity index (χ1) is 33.5. The first-order valence-electron chi connectivity index (χ1n) is 25.2. The lowest BCUT2D eigenvalue weighted by Crippen LogP contribution is -2.43. The summed E-state index contributed by atoms with van der Waals surface area (Å²) in [5, 5.41) is 0. The van der Waals surface area contributed by atoms with E-state index in [4.69, 9.17) is 0 Å². The van der Waals surface area contributed by atoms with E-state index in [9.17, 15) is 0 Å². The van der Waals surface area contributed by atoms with Gasteiger partial charge < -0.3 is 4.90 Å². The van der Waals surface area contributed by atoms with Gasteiger partial charge in [0.2, 0.25) is 0 Å². The van der Waals surface area contributed by atoms with Crippen molar-refractivity contribution in [2.75, 3.05) is 4.90 Å². The molecule has 0 N–H and O–H groups in total. The Morgan fingerprint density at radius 1 is 0.353 bits per heavy atom.